The van der Waals surface area contributed by atoms with E-state index in [2.05, 4.69) is 52.8 Å². The highest BCUT2D eigenvalue weighted by Gasteiger charge is 2.17. The number of piperidine rings is 1. The van der Waals surface area contributed by atoms with E-state index in [4.69, 9.17) is 4.74 Å². The molecule has 2 heterocycles. The molecule has 132 valence electrons. The predicted molar refractivity (Wildman–Crippen MR) is 108 cm³/mol. The van der Waals surface area contributed by atoms with Gasteiger partial charge in [0.1, 0.15) is 11.9 Å². The lowest BCUT2D eigenvalue weighted by Crippen LogP contribution is -2.34. The average molecular weight is 377 g/mol. The van der Waals surface area contributed by atoms with E-state index in [1.807, 2.05) is 18.5 Å². The fraction of sp³-hybridized carbons (Fsp3) is 0.250. The number of pyridine rings is 1. The molecule has 1 aromatic heterocycles. The Morgan fingerprint density at radius 2 is 1.68 bits per heavy atom. The monoisotopic (exact) mass is 376 g/mol. The molecule has 1 aliphatic heterocycles. The van der Waals surface area contributed by atoms with E-state index in [9.17, 15) is 0 Å². The first-order chi connectivity index (χ1) is 11.4. The van der Waals surface area contributed by atoms with Gasteiger partial charge in [-0.15, -0.1) is 24.8 Å². The van der Waals surface area contributed by atoms with E-state index in [1.165, 1.54) is 10.9 Å². The second-order valence-corrected chi connectivity index (χ2v) is 6.00. The third-order valence-electron chi connectivity index (χ3n) is 4.40. The Hall–Kier alpha value is -1.81. The van der Waals surface area contributed by atoms with Gasteiger partial charge in [0, 0.05) is 23.3 Å². The summed E-state index contributed by atoms with van der Waals surface area (Å²) in [5.74, 6) is 0.962. The first-order valence-electron chi connectivity index (χ1n) is 8.21. The van der Waals surface area contributed by atoms with E-state index in [0.29, 0.717) is 0 Å². The predicted octanol–water partition coefficient (Wildman–Crippen LogP) is 4.88. The van der Waals surface area contributed by atoms with Crippen molar-refractivity contribution in [2.45, 2.75) is 18.9 Å². The summed E-state index contributed by atoms with van der Waals surface area (Å²) in [5, 5.41) is 5.70. The van der Waals surface area contributed by atoms with Gasteiger partial charge < -0.3 is 10.1 Å². The van der Waals surface area contributed by atoms with Crippen LogP contribution < -0.4 is 10.1 Å². The maximum atomic E-state index is 6.38. The number of nitrogens with zero attached hydrogens (tertiary/aromatic N) is 1. The molecule has 25 heavy (non-hydrogen) atoms. The second kappa shape index (κ2) is 9.04. The molecule has 0 unspecified atom stereocenters. The van der Waals surface area contributed by atoms with Crippen molar-refractivity contribution in [3.8, 4) is 16.9 Å². The number of fused-ring (bicyclic) bond motifs is 1. The first-order valence-corrected chi connectivity index (χ1v) is 8.21. The molecule has 3 nitrogen and oxygen atoms in total. The molecule has 0 spiro atoms. The van der Waals surface area contributed by atoms with Gasteiger partial charge in [0.25, 0.3) is 0 Å². The number of nitrogens with one attached hydrogen (secondary N) is 1. The van der Waals surface area contributed by atoms with Crippen LogP contribution in [0.1, 0.15) is 12.8 Å². The number of hydrogen-bond donors (Lipinski definition) is 1. The minimum absolute atomic E-state index is 0. The van der Waals surface area contributed by atoms with Crippen LogP contribution in [0.2, 0.25) is 0 Å². The topological polar surface area (TPSA) is 34.1 Å². The van der Waals surface area contributed by atoms with Gasteiger partial charge in [0.15, 0.2) is 0 Å². The van der Waals surface area contributed by atoms with E-state index in [-0.39, 0.29) is 30.9 Å². The molecular formula is C20H22Cl2N2O. The lowest BCUT2D eigenvalue weighted by atomic mass is 10.0. The van der Waals surface area contributed by atoms with Gasteiger partial charge in [-0.25, -0.2) is 0 Å². The molecule has 1 aliphatic rings. The first kappa shape index (κ1) is 19.5. The fourth-order valence-corrected chi connectivity index (χ4v) is 3.15. The Labute approximate surface area is 160 Å². The third-order valence-corrected chi connectivity index (χ3v) is 4.40. The highest BCUT2D eigenvalue weighted by Crippen LogP contribution is 2.35. The molecule has 0 aliphatic carbocycles. The van der Waals surface area contributed by atoms with Crippen molar-refractivity contribution in [3.05, 3.63) is 60.9 Å². The molecule has 0 radical (unpaired) electrons. The van der Waals surface area contributed by atoms with E-state index in [1.54, 1.807) is 0 Å². The summed E-state index contributed by atoms with van der Waals surface area (Å²) in [6.45, 7) is 2.06. The van der Waals surface area contributed by atoms with Crippen LogP contribution in [0.4, 0.5) is 0 Å². The Balaban J connectivity index is 0.00000113. The van der Waals surface area contributed by atoms with Crippen LogP contribution in [0.25, 0.3) is 21.9 Å². The van der Waals surface area contributed by atoms with Crippen molar-refractivity contribution in [3.63, 3.8) is 0 Å². The summed E-state index contributed by atoms with van der Waals surface area (Å²) in [7, 11) is 0. The molecule has 0 bridgehead atoms. The average Bonchev–Trinajstić information content (AvgIpc) is 2.63. The molecule has 1 saturated heterocycles. The molecule has 0 amide bonds. The highest BCUT2D eigenvalue weighted by atomic mass is 35.5. The number of halogens is 2. The zero-order valence-corrected chi connectivity index (χ0v) is 15.5. The summed E-state index contributed by atoms with van der Waals surface area (Å²) in [5.41, 5.74) is 2.35. The molecule has 5 heteroatoms. The van der Waals surface area contributed by atoms with Crippen LogP contribution in [0.5, 0.6) is 5.75 Å². The van der Waals surface area contributed by atoms with Crippen molar-refractivity contribution in [1.82, 2.24) is 10.3 Å². The maximum Gasteiger partial charge on any atom is 0.128 e. The second-order valence-electron chi connectivity index (χ2n) is 6.00. The molecule has 1 N–H and O–H groups in total. The number of aromatic nitrogens is 1. The van der Waals surface area contributed by atoms with Crippen LogP contribution in [0, 0.1) is 0 Å². The van der Waals surface area contributed by atoms with Crippen LogP contribution in [-0.4, -0.2) is 24.2 Å². The number of rotatable bonds is 3. The van der Waals surface area contributed by atoms with E-state index < -0.39 is 0 Å². The molecule has 3 aromatic rings. The lowest BCUT2D eigenvalue weighted by molar-refractivity contribution is 0.163. The largest absolute Gasteiger partial charge is 0.490 e. The smallest absolute Gasteiger partial charge is 0.128 e. The summed E-state index contributed by atoms with van der Waals surface area (Å²) < 4.78 is 6.38. The minimum atomic E-state index is 0. The normalized spacial score (nSPS) is 14.4. The Morgan fingerprint density at radius 1 is 0.920 bits per heavy atom. The van der Waals surface area contributed by atoms with Gasteiger partial charge in [-0.3, -0.25) is 4.98 Å². The SMILES string of the molecule is Cl.Cl.c1ccc(-c2cc3ccncc3cc2OC2CCNCC2)cc1. The lowest BCUT2D eigenvalue weighted by Gasteiger charge is -2.25. The van der Waals surface area contributed by atoms with Gasteiger partial charge in [0.05, 0.1) is 0 Å². The quantitative estimate of drug-likeness (QED) is 0.707. The molecule has 2 aromatic carbocycles. The standard InChI is InChI=1S/C20H20N2O.2ClH/c1-2-4-15(5-3-1)19-12-16-6-9-22-14-17(16)13-20(19)23-18-7-10-21-11-8-18;;/h1-6,9,12-14,18,21H,7-8,10-11H2;2*1H. The molecule has 1 fully saturated rings. The third kappa shape index (κ3) is 4.43. The van der Waals surface area contributed by atoms with Gasteiger partial charge in [-0.2, -0.15) is 0 Å². The Morgan fingerprint density at radius 3 is 2.44 bits per heavy atom. The summed E-state index contributed by atoms with van der Waals surface area (Å²) in [6, 6.07) is 16.9. The van der Waals surface area contributed by atoms with Crippen molar-refractivity contribution in [2.75, 3.05) is 13.1 Å². The summed E-state index contributed by atoms with van der Waals surface area (Å²) in [6.07, 6.45) is 6.13. The van der Waals surface area contributed by atoms with Crippen molar-refractivity contribution in [1.29, 1.82) is 0 Å². The van der Waals surface area contributed by atoms with Crippen molar-refractivity contribution in [2.24, 2.45) is 0 Å². The molecule has 4 rings (SSSR count). The van der Waals surface area contributed by atoms with E-state index >= 15 is 0 Å². The molecule has 0 atom stereocenters. The number of hydrogen-bond acceptors (Lipinski definition) is 3. The zero-order chi connectivity index (χ0) is 15.5. The zero-order valence-electron chi connectivity index (χ0n) is 13.9. The van der Waals surface area contributed by atoms with Crippen molar-refractivity contribution < 1.29 is 4.74 Å². The Bertz CT molecular complexity index is 805. The van der Waals surface area contributed by atoms with Crippen LogP contribution in [0.15, 0.2) is 60.9 Å². The minimum Gasteiger partial charge on any atom is -0.490 e. The van der Waals surface area contributed by atoms with Crippen LogP contribution in [0.3, 0.4) is 0 Å². The van der Waals surface area contributed by atoms with Gasteiger partial charge in [-0.1, -0.05) is 30.3 Å². The van der Waals surface area contributed by atoms with Crippen LogP contribution in [-0.2, 0) is 0 Å². The summed E-state index contributed by atoms with van der Waals surface area (Å²) in [4.78, 5) is 4.24. The van der Waals surface area contributed by atoms with Gasteiger partial charge in [-0.05, 0) is 55.1 Å². The number of benzene rings is 2. The number of ether oxygens (including phenoxy) is 1. The summed E-state index contributed by atoms with van der Waals surface area (Å²) >= 11 is 0. The highest BCUT2D eigenvalue weighted by molar-refractivity contribution is 5.90. The van der Waals surface area contributed by atoms with E-state index in [0.717, 1.165) is 42.6 Å². The maximum absolute atomic E-state index is 6.38. The van der Waals surface area contributed by atoms with Crippen LogP contribution >= 0.6 is 24.8 Å². The fourth-order valence-electron chi connectivity index (χ4n) is 3.15. The molecule has 0 saturated carbocycles. The van der Waals surface area contributed by atoms with Gasteiger partial charge >= 0.3 is 0 Å². The van der Waals surface area contributed by atoms with Crippen molar-refractivity contribution >= 4 is 35.6 Å². The molecular weight excluding hydrogens is 355 g/mol. The Kier molecular flexibility index (Phi) is 7.06. The van der Waals surface area contributed by atoms with Gasteiger partial charge in [0.2, 0.25) is 0 Å².